The Morgan fingerprint density at radius 2 is 1.35 bits per heavy atom. The number of benzene rings is 2. The van der Waals surface area contributed by atoms with E-state index in [1.165, 1.54) is 36.0 Å². The molecule has 0 N–H and O–H groups in total. The molecule has 1 saturated carbocycles. The predicted octanol–water partition coefficient (Wildman–Crippen LogP) is 4.38. The van der Waals surface area contributed by atoms with Crippen LogP contribution in [0.4, 0.5) is 0 Å². The van der Waals surface area contributed by atoms with Crippen molar-refractivity contribution in [3.05, 3.63) is 77.2 Å². The smallest absolute Gasteiger partial charge is 0.00498 e. The highest BCUT2D eigenvalue weighted by Gasteiger charge is 2.19. The Balaban J connectivity index is 1.72. The molecule has 0 bridgehead atoms. The van der Waals surface area contributed by atoms with Crippen LogP contribution in [0.2, 0.25) is 0 Å². The molecule has 0 nitrogen and oxygen atoms in total. The second-order valence-electron chi connectivity index (χ2n) is 4.82. The third-order valence-corrected chi connectivity index (χ3v) is 3.57. The van der Waals surface area contributed by atoms with Gasteiger partial charge in [-0.05, 0) is 36.0 Å². The molecule has 0 saturated heterocycles. The van der Waals surface area contributed by atoms with E-state index in [-0.39, 0.29) is 0 Å². The van der Waals surface area contributed by atoms with E-state index in [0.717, 1.165) is 6.42 Å². The molecule has 17 heavy (non-hydrogen) atoms. The summed E-state index contributed by atoms with van der Waals surface area (Å²) in [5.74, 6) is 1.64. The van der Waals surface area contributed by atoms with Crippen molar-refractivity contribution in [2.45, 2.75) is 25.7 Å². The van der Waals surface area contributed by atoms with Crippen LogP contribution in [0.25, 0.3) is 0 Å². The van der Waals surface area contributed by atoms with Gasteiger partial charge in [0.1, 0.15) is 0 Å². The van der Waals surface area contributed by atoms with Crippen molar-refractivity contribution in [1.82, 2.24) is 0 Å². The quantitative estimate of drug-likeness (QED) is 0.721. The maximum absolute atomic E-state index is 2.28. The topological polar surface area (TPSA) is 0 Å². The minimum absolute atomic E-state index is 1.04. The first kappa shape index (κ1) is 10.6. The minimum Gasteiger partial charge on any atom is -0.0622 e. The molecule has 2 aromatic carbocycles. The summed E-state index contributed by atoms with van der Waals surface area (Å²) in [6.45, 7) is 0. The highest BCUT2D eigenvalue weighted by atomic mass is 14.2. The van der Waals surface area contributed by atoms with Gasteiger partial charge >= 0.3 is 0 Å². The van der Waals surface area contributed by atoms with E-state index >= 15 is 0 Å². The van der Waals surface area contributed by atoms with Gasteiger partial charge in [0.05, 0.1) is 0 Å². The maximum atomic E-state index is 2.28. The summed E-state index contributed by atoms with van der Waals surface area (Å²) in [6, 6.07) is 19.8. The zero-order valence-electron chi connectivity index (χ0n) is 10.0. The Kier molecular flexibility index (Phi) is 2.96. The van der Waals surface area contributed by atoms with Crippen LogP contribution in [0.15, 0.2) is 54.6 Å². The summed E-state index contributed by atoms with van der Waals surface area (Å²) in [6.07, 6.45) is 5.02. The summed E-state index contributed by atoms with van der Waals surface area (Å²) >= 11 is 0. The Labute approximate surface area is 103 Å². The lowest BCUT2D eigenvalue weighted by Gasteiger charge is -2.25. The molecule has 2 aromatic rings. The third kappa shape index (κ3) is 2.41. The van der Waals surface area contributed by atoms with Crippen LogP contribution < -0.4 is 0 Å². The molecule has 1 aliphatic carbocycles. The SMILES string of the molecule is c1ccc(Cc2ccc([C]3CCC3)cc2)cc1. The van der Waals surface area contributed by atoms with Gasteiger partial charge in [-0.2, -0.15) is 0 Å². The van der Waals surface area contributed by atoms with Gasteiger partial charge in [0.15, 0.2) is 0 Å². The first-order valence-corrected chi connectivity index (χ1v) is 6.40. The van der Waals surface area contributed by atoms with Gasteiger partial charge in [-0.25, -0.2) is 0 Å². The first-order valence-electron chi connectivity index (χ1n) is 6.40. The zero-order chi connectivity index (χ0) is 11.5. The summed E-state index contributed by atoms with van der Waals surface area (Å²) in [7, 11) is 0. The Bertz CT molecular complexity index is 463. The Morgan fingerprint density at radius 3 is 1.94 bits per heavy atom. The lowest BCUT2D eigenvalue weighted by Crippen LogP contribution is -2.09. The van der Waals surface area contributed by atoms with Crippen molar-refractivity contribution >= 4 is 0 Å². The Morgan fingerprint density at radius 1 is 0.706 bits per heavy atom. The standard InChI is InChI=1S/C17H17/c1-2-5-14(6-3-1)13-15-9-11-17(12-10-15)16-7-4-8-16/h1-3,5-6,9-12H,4,7-8,13H2. The van der Waals surface area contributed by atoms with Crippen molar-refractivity contribution < 1.29 is 0 Å². The second-order valence-corrected chi connectivity index (χ2v) is 4.82. The molecule has 0 heteroatoms. The molecule has 0 aliphatic heterocycles. The van der Waals surface area contributed by atoms with Crippen LogP contribution in [-0.4, -0.2) is 0 Å². The van der Waals surface area contributed by atoms with Gasteiger partial charge in [-0.1, -0.05) is 61.0 Å². The van der Waals surface area contributed by atoms with E-state index in [2.05, 4.69) is 54.6 Å². The predicted molar refractivity (Wildman–Crippen MR) is 71.9 cm³/mol. The molecule has 0 aromatic heterocycles. The summed E-state index contributed by atoms with van der Waals surface area (Å²) in [5, 5.41) is 0. The Hall–Kier alpha value is -1.56. The molecule has 85 valence electrons. The third-order valence-electron chi connectivity index (χ3n) is 3.57. The first-order chi connectivity index (χ1) is 8.42. The fraction of sp³-hybridized carbons (Fsp3) is 0.235. The number of rotatable bonds is 3. The fourth-order valence-corrected chi connectivity index (χ4v) is 2.33. The number of hydrogen-bond acceptors (Lipinski definition) is 0. The van der Waals surface area contributed by atoms with E-state index in [4.69, 9.17) is 0 Å². The maximum Gasteiger partial charge on any atom is 0.00498 e. The van der Waals surface area contributed by atoms with Crippen molar-refractivity contribution in [2.75, 3.05) is 0 Å². The van der Waals surface area contributed by atoms with E-state index in [1.807, 2.05) is 0 Å². The molecule has 1 aliphatic rings. The van der Waals surface area contributed by atoms with Gasteiger partial charge in [0.25, 0.3) is 0 Å². The largest absolute Gasteiger partial charge is 0.0622 e. The van der Waals surface area contributed by atoms with Gasteiger partial charge in [0.2, 0.25) is 0 Å². The van der Waals surface area contributed by atoms with Crippen molar-refractivity contribution in [2.24, 2.45) is 0 Å². The van der Waals surface area contributed by atoms with E-state index < -0.39 is 0 Å². The lowest BCUT2D eigenvalue weighted by atomic mass is 9.80. The second kappa shape index (κ2) is 4.75. The van der Waals surface area contributed by atoms with Gasteiger partial charge in [-0.3, -0.25) is 0 Å². The molecule has 1 fully saturated rings. The van der Waals surface area contributed by atoms with E-state index in [0.29, 0.717) is 0 Å². The van der Waals surface area contributed by atoms with E-state index in [9.17, 15) is 0 Å². The van der Waals surface area contributed by atoms with E-state index in [1.54, 1.807) is 5.92 Å². The van der Waals surface area contributed by atoms with Gasteiger partial charge in [-0.15, -0.1) is 0 Å². The van der Waals surface area contributed by atoms with Crippen LogP contribution in [0.3, 0.4) is 0 Å². The van der Waals surface area contributed by atoms with Crippen molar-refractivity contribution in [3.63, 3.8) is 0 Å². The van der Waals surface area contributed by atoms with Crippen LogP contribution >= 0.6 is 0 Å². The molecular weight excluding hydrogens is 204 g/mol. The molecular formula is C17H17. The summed E-state index contributed by atoms with van der Waals surface area (Å²) in [4.78, 5) is 0. The van der Waals surface area contributed by atoms with Crippen LogP contribution in [0.5, 0.6) is 0 Å². The summed E-state index contributed by atoms with van der Waals surface area (Å²) < 4.78 is 0. The van der Waals surface area contributed by atoms with Crippen molar-refractivity contribution in [1.29, 1.82) is 0 Å². The molecule has 0 amide bonds. The fourth-order valence-electron chi connectivity index (χ4n) is 2.33. The molecule has 0 spiro atoms. The van der Waals surface area contributed by atoms with Crippen LogP contribution in [0, 0.1) is 5.92 Å². The lowest BCUT2D eigenvalue weighted by molar-refractivity contribution is 0.577. The molecule has 0 unspecified atom stereocenters. The molecule has 3 rings (SSSR count). The van der Waals surface area contributed by atoms with Crippen LogP contribution in [0.1, 0.15) is 36.0 Å². The average molecular weight is 221 g/mol. The minimum atomic E-state index is 1.04. The van der Waals surface area contributed by atoms with Crippen LogP contribution in [-0.2, 0) is 6.42 Å². The summed E-state index contributed by atoms with van der Waals surface area (Å²) in [5.41, 5.74) is 4.24. The normalized spacial score (nSPS) is 15.5. The van der Waals surface area contributed by atoms with Crippen molar-refractivity contribution in [3.8, 4) is 0 Å². The zero-order valence-corrected chi connectivity index (χ0v) is 10.0. The average Bonchev–Trinajstić information content (AvgIpc) is 2.31. The monoisotopic (exact) mass is 221 g/mol. The molecule has 0 atom stereocenters. The molecule has 1 radical (unpaired) electrons. The molecule has 0 heterocycles. The van der Waals surface area contributed by atoms with Gasteiger partial charge < -0.3 is 0 Å². The highest BCUT2D eigenvalue weighted by Crippen LogP contribution is 2.35. The van der Waals surface area contributed by atoms with Gasteiger partial charge in [0, 0.05) is 5.92 Å². The number of hydrogen-bond donors (Lipinski definition) is 0. The highest BCUT2D eigenvalue weighted by molar-refractivity contribution is 5.37.